The average Bonchev–Trinajstić information content (AvgIpc) is 3.07. The molecule has 2 aromatic carbocycles. The van der Waals surface area contributed by atoms with E-state index in [0.29, 0.717) is 17.5 Å². The lowest BCUT2D eigenvalue weighted by Crippen LogP contribution is -2.53. The summed E-state index contributed by atoms with van der Waals surface area (Å²) in [5, 5.41) is 31.3. The molecule has 0 unspecified atom stereocenters. The quantitative estimate of drug-likeness (QED) is 0.645. The fraction of sp³-hybridized carbons (Fsp3) is 0.333. The van der Waals surface area contributed by atoms with Crippen molar-refractivity contribution in [1.82, 2.24) is 0 Å². The minimum atomic E-state index is -1.31. The van der Waals surface area contributed by atoms with E-state index in [2.05, 4.69) is 6.07 Å². The van der Waals surface area contributed by atoms with Gasteiger partial charge in [-0.1, -0.05) is 24.3 Å². The van der Waals surface area contributed by atoms with E-state index in [-0.39, 0.29) is 5.82 Å². The van der Waals surface area contributed by atoms with Gasteiger partial charge >= 0.3 is 0 Å². The molecule has 2 heterocycles. The number of hydrogen-bond acceptors (Lipinski definition) is 5. The highest BCUT2D eigenvalue weighted by Gasteiger charge is 2.42. The zero-order valence-corrected chi connectivity index (χ0v) is 15.6. The van der Waals surface area contributed by atoms with Crippen LogP contribution in [0, 0.1) is 5.82 Å². The predicted molar refractivity (Wildman–Crippen MR) is 102 cm³/mol. The number of ether oxygens (including phenoxy) is 1. The first kappa shape index (κ1) is 18.5. The summed E-state index contributed by atoms with van der Waals surface area (Å²) in [4.78, 5) is 1.04. The van der Waals surface area contributed by atoms with Crippen molar-refractivity contribution >= 4 is 21.4 Å². The molecule has 3 aromatic rings. The maximum atomic E-state index is 14.4. The maximum Gasteiger partial charge on any atom is 0.126 e. The Labute approximate surface area is 160 Å². The third kappa shape index (κ3) is 3.51. The van der Waals surface area contributed by atoms with Crippen molar-refractivity contribution in [3.63, 3.8) is 0 Å². The lowest BCUT2D eigenvalue weighted by atomic mass is 9.90. The molecule has 142 valence electrons. The molecule has 6 heteroatoms. The zero-order chi connectivity index (χ0) is 19.1. The first-order valence-electron chi connectivity index (χ1n) is 8.89. The fourth-order valence-corrected chi connectivity index (χ4v) is 4.63. The molecule has 1 aliphatic heterocycles. The summed E-state index contributed by atoms with van der Waals surface area (Å²) in [5.41, 5.74) is 1.08. The summed E-state index contributed by atoms with van der Waals surface area (Å²) in [6, 6.07) is 14.7. The summed E-state index contributed by atoms with van der Waals surface area (Å²) in [6.07, 6.45) is -4.77. The summed E-state index contributed by atoms with van der Waals surface area (Å²) >= 11 is 1.62. The number of rotatable bonds is 3. The normalized spacial score (nSPS) is 28.6. The number of aliphatic hydroxyl groups excluding tert-OH is 3. The third-order valence-corrected chi connectivity index (χ3v) is 6.21. The maximum absolute atomic E-state index is 14.4. The molecule has 27 heavy (non-hydrogen) atoms. The minimum absolute atomic E-state index is 0.324. The molecule has 1 saturated heterocycles. The number of fused-ring (bicyclic) bond motifs is 1. The fourth-order valence-electron chi connectivity index (χ4n) is 3.55. The Hall–Kier alpha value is -1.83. The first-order valence-corrected chi connectivity index (χ1v) is 9.71. The van der Waals surface area contributed by atoms with Gasteiger partial charge < -0.3 is 20.1 Å². The second kappa shape index (κ2) is 7.30. The van der Waals surface area contributed by atoms with Crippen LogP contribution in [0.3, 0.4) is 0 Å². The van der Waals surface area contributed by atoms with Gasteiger partial charge in [0.25, 0.3) is 0 Å². The summed E-state index contributed by atoms with van der Waals surface area (Å²) < 4.78 is 21.2. The number of aliphatic hydroxyl groups is 3. The van der Waals surface area contributed by atoms with Crippen molar-refractivity contribution < 1.29 is 24.4 Å². The van der Waals surface area contributed by atoms with Gasteiger partial charge in [-0.15, -0.1) is 11.3 Å². The van der Waals surface area contributed by atoms with Crippen molar-refractivity contribution in [2.45, 2.75) is 43.9 Å². The van der Waals surface area contributed by atoms with Gasteiger partial charge in [0.15, 0.2) is 0 Å². The van der Waals surface area contributed by atoms with Crippen LogP contribution in [0.5, 0.6) is 0 Å². The summed E-state index contributed by atoms with van der Waals surface area (Å²) in [5.74, 6) is -0.324. The van der Waals surface area contributed by atoms with Gasteiger partial charge in [0.1, 0.15) is 30.2 Å². The zero-order valence-electron chi connectivity index (χ0n) is 14.7. The van der Waals surface area contributed by atoms with Gasteiger partial charge in [0, 0.05) is 16.0 Å². The Morgan fingerprint density at radius 3 is 2.56 bits per heavy atom. The van der Waals surface area contributed by atoms with Crippen LogP contribution in [0.1, 0.15) is 29.0 Å². The van der Waals surface area contributed by atoms with Crippen LogP contribution in [0.25, 0.3) is 10.1 Å². The van der Waals surface area contributed by atoms with Crippen molar-refractivity contribution in [2.75, 3.05) is 0 Å². The van der Waals surface area contributed by atoms with Crippen LogP contribution in [-0.2, 0) is 11.2 Å². The van der Waals surface area contributed by atoms with Crippen molar-refractivity contribution in [2.24, 2.45) is 0 Å². The molecule has 4 nitrogen and oxygen atoms in total. The van der Waals surface area contributed by atoms with E-state index in [1.54, 1.807) is 30.4 Å². The molecular formula is C21H21FO4S. The van der Waals surface area contributed by atoms with Gasteiger partial charge in [-0.2, -0.15) is 0 Å². The molecular weight excluding hydrogens is 367 g/mol. The number of halogens is 1. The highest BCUT2D eigenvalue weighted by molar-refractivity contribution is 7.19. The predicted octanol–water partition coefficient (Wildman–Crippen LogP) is 3.17. The molecule has 3 N–H and O–H groups in total. The molecule has 0 aliphatic carbocycles. The van der Waals surface area contributed by atoms with Crippen LogP contribution >= 0.6 is 11.3 Å². The molecule has 1 aliphatic rings. The Balaban J connectivity index is 1.63. The van der Waals surface area contributed by atoms with Crippen molar-refractivity contribution in [3.8, 4) is 0 Å². The average molecular weight is 388 g/mol. The van der Waals surface area contributed by atoms with Crippen molar-refractivity contribution in [1.29, 1.82) is 0 Å². The lowest BCUT2D eigenvalue weighted by Gasteiger charge is -2.39. The second-order valence-electron chi connectivity index (χ2n) is 7.01. The number of benzene rings is 2. The second-order valence-corrected chi connectivity index (χ2v) is 8.18. The van der Waals surface area contributed by atoms with E-state index in [9.17, 15) is 19.7 Å². The SMILES string of the molecule is C[C@H]1O[C@@H](c2ccc(F)c(Cc3cc4ccccc4s3)c2)[C@H](O)[C@@H](O)[C@@H]1O. The van der Waals surface area contributed by atoms with E-state index in [1.807, 2.05) is 24.3 Å². The minimum Gasteiger partial charge on any atom is -0.388 e. The largest absolute Gasteiger partial charge is 0.388 e. The third-order valence-electron chi connectivity index (χ3n) is 5.09. The molecule has 1 fully saturated rings. The summed E-state index contributed by atoms with van der Waals surface area (Å²) in [7, 11) is 0. The molecule has 5 atom stereocenters. The van der Waals surface area contributed by atoms with Crippen LogP contribution in [-0.4, -0.2) is 39.7 Å². The van der Waals surface area contributed by atoms with Crippen LogP contribution in [0.4, 0.5) is 4.39 Å². The van der Waals surface area contributed by atoms with Crippen molar-refractivity contribution in [3.05, 3.63) is 70.4 Å². The molecule has 4 rings (SSSR count). The molecule has 1 aromatic heterocycles. The molecule has 0 saturated carbocycles. The Morgan fingerprint density at radius 1 is 1.00 bits per heavy atom. The Kier molecular flexibility index (Phi) is 5.01. The molecule has 0 radical (unpaired) electrons. The highest BCUT2D eigenvalue weighted by atomic mass is 32.1. The van der Waals surface area contributed by atoms with Crippen LogP contribution < -0.4 is 0 Å². The number of hydrogen-bond donors (Lipinski definition) is 3. The number of thiophene rings is 1. The molecule has 0 amide bonds. The van der Waals surface area contributed by atoms with Gasteiger partial charge in [0.05, 0.1) is 6.10 Å². The lowest BCUT2D eigenvalue weighted by molar-refractivity contribution is -0.219. The standard InChI is InChI=1S/C21H21FO4S/c1-11-18(23)19(24)20(25)21(26-11)13-6-7-16(22)14(8-13)10-15-9-12-4-2-3-5-17(12)27-15/h2-9,11,18-21,23-25H,10H2,1H3/t11-,18-,19+,20-,21+/m1/s1. The van der Waals surface area contributed by atoms with E-state index in [4.69, 9.17) is 4.74 Å². The molecule has 0 bridgehead atoms. The Morgan fingerprint density at radius 2 is 1.78 bits per heavy atom. The van der Waals surface area contributed by atoms with E-state index < -0.39 is 30.5 Å². The van der Waals surface area contributed by atoms with Crippen LogP contribution in [0.2, 0.25) is 0 Å². The highest BCUT2D eigenvalue weighted by Crippen LogP contribution is 2.34. The van der Waals surface area contributed by atoms with Gasteiger partial charge in [-0.25, -0.2) is 4.39 Å². The summed E-state index contributed by atoms with van der Waals surface area (Å²) in [6.45, 7) is 1.63. The topological polar surface area (TPSA) is 69.9 Å². The van der Waals surface area contributed by atoms with Gasteiger partial charge in [0.2, 0.25) is 0 Å². The molecule has 0 spiro atoms. The van der Waals surface area contributed by atoms with Crippen LogP contribution in [0.15, 0.2) is 48.5 Å². The van der Waals surface area contributed by atoms with E-state index in [0.717, 1.165) is 15.0 Å². The first-order chi connectivity index (χ1) is 12.9. The van der Waals surface area contributed by atoms with E-state index >= 15 is 0 Å². The Bertz CT molecular complexity index is 923. The van der Waals surface area contributed by atoms with E-state index in [1.165, 1.54) is 6.07 Å². The monoisotopic (exact) mass is 388 g/mol. The smallest absolute Gasteiger partial charge is 0.126 e. The van der Waals surface area contributed by atoms with Gasteiger partial charge in [-0.3, -0.25) is 0 Å². The van der Waals surface area contributed by atoms with Gasteiger partial charge in [-0.05, 0) is 47.7 Å².